The van der Waals surface area contributed by atoms with Crippen LogP contribution in [0.1, 0.15) is 23.8 Å². The molecular formula is C10H16N4O2S. The molecule has 0 unspecified atom stereocenters. The number of carbonyl (C=O) groups excluding carboxylic acids is 2. The first-order valence-electron chi connectivity index (χ1n) is 5.29. The Balaban J connectivity index is 2.76. The highest BCUT2D eigenvalue weighted by molar-refractivity contribution is 7.13. The monoisotopic (exact) mass is 256 g/mol. The van der Waals surface area contributed by atoms with Gasteiger partial charge in [0, 0.05) is 19.0 Å². The summed E-state index contributed by atoms with van der Waals surface area (Å²) < 4.78 is 0. The fourth-order valence-corrected chi connectivity index (χ4v) is 1.86. The maximum absolute atomic E-state index is 12.0. The molecule has 0 radical (unpaired) electrons. The lowest BCUT2D eigenvalue weighted by molar-refractivity contribution is -0.121. The van der Waals surface area contributed by atoms with Crippen LogP contribution in [0.25, 0.3) is 0 Å². The Bertz CT molecular complexity index is 405. The van der Waals surface area contributed by atoms with Crippen molar-refractivity contribution in [2.45, 2.75) is 13.3 Å². The summed E-state index contributed by atoms with van der Waals surface area (Å²) in [4.78, 5) is 28.7. The number of likely N-dealkylation sites (N-methyl/N-ethyl adjacent to an activating group) is 1. The first-order chi connectivity index (χ1) is 8.08. The molecule has 0 saturated carbocycles. The molecule has 0 fully saturated rings. The molecule has 6 nitrogen and oxygen atoms in total. The van der Waals surface area contributed by atoms with E-state index in [1.165, 1.54) is 23.3 Å². The van der Waals surface area contributed by atoms with Gasteiger partial charge >= 0.3 is 0 Å². The summed E-state index contributed by atoms with van der Waals surface area (Å²) in [5.74, 6) is -0.460. The van der Waals surface area contributed by atoms with E-state index in [2.05, 4.69) is 10.3 Å². The van der Waals surface area contributed by atoms with E-state index in [4.69, 9.17) is 5.73 Å². The quantitative estimate of drug-likeness (QED) is 0.794. The van der Waals surface area contributed by atoms with Crippen molar-refractivity contribution in [2.24, 2.45) is 0 Å². The number of rotatable bonds is 5. The molecule has 0 aliphatic rings. The van der Waals surface area contributed by atoms with Crippen LogP contribution < -0.4 is 11.1 Å². The predicted octanol–water partition coefficient (Wildman–Crippen LogP) is 0.323. The first-order valence-corrected chi connectivity index (χ1v) is 6.17. The van der Waals surface area contributed by atoms with Gasteiger partial charge < -0.3 is 16.0 Å². The zero-order valence-electron chi connectivity index (χ0n) is 9.90. The highest BCUT2D eigenvalue weighted by Crippen LogP contribution is 2.13. The van der Waals surface area contributed by atoms with Crippen LogP contribution in [0.2, 0.25) is 0 Å². The third-order valence-electron chi connectivity index (χ3n) is 2.14. The number of anilines is 1. The number of nitrogens with one attached hydrogen (secondary N) is 1. The van der Waals surface area contributed by atoms with Gasteiger partial charge in [0.15, 0.2) is 5.13 Å². The summed E-state index contributed by atoms with van der Waals surface area (Å²) in [7, 11) is 1.54. The van der Waals surface area contributed by atoms with Crippen LogP contribution >= 0.6 is 11.3 Å². The summed E-state index contributed by atoms with van der Waals surface area (Å²) in [5.41, 5.74) is 5.77. The third kappa shape index (κ3) is 3.70. The van der Waals surface area contributed by atoms with Crippen LogP contribution in [0.3, 0.4) is 0 Å². The molecule has 0 aliphatic heterocycles. The van der Waals surface area contributed by atoms with E-state index in [0.717, 1.165) is 6.42 Å². The second-order valence-corrected chi connectivity index (χ2v) is 4.36. The van der Waals surface area contributed by atoms with E-state index in [1.807, 2.05) is 6.92 Å². The largest absolute Gasteiger partial charge is 0.375 e. The zero-order valence-corrected chi connectivity index (χ0v) is 10.7. The molecule has 0 spiro atoms. The molecule has 0 bridgehead atoms. The van der Waals surface area contributed by atoms with E-state index >= 15 is 0 Å². The fraction of sp³-hybridized carbons (Fsp3) is 0.500. The smallest absolute Gasteiger partial charge is 0.273 e. The van der Waals surface area contributed by atoms with Gasteiger partial charge in [0.05, 0.1) is 6.54 Å². The average Bonchev–Trinajstić information content (AvgIpc) is 2.74. The topological polar surface area (TPSA) is 88.3 Å². The molecule has 7 heteroatoms. The standard InChI is InChI=1S/C10H16N4O2S/c1-3-4-14(5-8(15)12-2)9(16)7-6-17-10(11)13-7/h6H,3-5H2,1-2H3,(H2,11,13)(H,12,15). The van der Waals surface area contributed by atoms with Crippen molar-refractivity contribution in [3.05, 3.63) is 11.1 Å². The van der Waals surface area contributed by atoms with Gasteiger partial charge in [0.1, 0.15) is 5.69 Å². The minimum Gasteiger partial charge on any atom is -0.375 e. The minimum atomic E-state index is -0.261. The van der Waals surface area contributed by atoms with Gasteiger partial charge in [-0.05, 0) is 6.42 Å². The number of aromatic nitrogens is 1. The van der Waals surface area contributed by atoms with Crippen LogP contribution in [-0.2, 0) is 4.79 Å². The van der Waals surface area contributed by atoms with Crippen molar-refractivity contribution < 1.29 is 9.59 Å². The van der Waals surface area contributed by atoms with Gasteiger partial charge in [-0.25, -0.2) is 4.98 Å². The number of hydrogen-bond donors (Lipinski definition) is 2. The van der Waals surface area contributed by atoms with Crippen LogP contribution in [0.15, 0.2) is 5.38 Å². The van der Waals surface area contributed by atoms with Gasteiger partial charge in [0.2, 0.25) is 5.91 Å². The molecule has 2 amide bonds. The lowest BCUT2D eigenvalue weighted by Gasteiger charge is -2.19. The van der Waals surface area contributed by atoms with Crippen LogP contribution in [0, 0.1) is 0 Å². The van der Waals surface area contributed by atoms with Crippen LogP contribution in [0.5, 0.6) is 0 Å². The van der Waals surface area contributed by atoms with Crippen molar-refractivity contribution in [2.75, 3.05) is 25.9 Å². The summed E-state index contributed by atoms with van der Waals surface area (Å²) in [5, 5.41) is 4.44. The number of amides is 2. The molecule has 1 heterocycles. The molecule has 94 valence electrons. The van der Waals surface area contributed by atoms with Crippen molar-refractivity contribution in [3.63, 3.8) is 0 Å². The van der Waals surface area contributed by atoms with Crippen LogP contribution in [-0.4, -0.2) is 41.8 Å². The van der Waals surface area contributed by atoms with Gasteiger partial charge in [0.25, 0.3) is 5.91 Å². The maximum atomic E-state index is 12.0. The lowest BCUT2D eigenvalue weighted by Crippen LogP contribution is -2.40. The van der Waals surface area contributed by atoms with E-state index in [0.29, 0.717) is 17.4 Å². The van der Waals surface area contributed by atoms with E-state index in [-0.39, 0.29) is 18.4 Å². The van der Waals surface area contributed by atoms with Gasteiger partial charge in [-0.1, -0.05) is 6.92 Å². The number of hydrogen-bond acceptors (Lipinski definition) is 5. The summed E-state index contributed by atoms with van der Waals surface area (Å²) >= 11 is 1.21. The minimum absolute atomic E-state index is 0.0423. The Morgan fingerprint density at radius 2 is 2.29 bits per heavy atom. The lowest BCUT2D eigenvalue weighted by atomic mass is 10.3. The molecule has 0 aromatic carbocycles. The maximum Gasteiger partial charge on any atom is 0.273 e. The molecule has 1 rings (SSSR count). The molecule has 0 aliphatic carbocycles. The Morgan fingerprint density at radius 3 is 2.76 bits per heavy atom. The van der Waals surface area contributed by atoms with Crippen molar-refractivity contribution >= 4 is 28.3 Å². The highest BCUT2D eigenvalue weighted by atomic mass is 32.1. The van der Waals surface area contributed by atoms with Crippen molar-refractivity contribution in [1.82, 2.24) is 15.2 Å². The molecule has 1 aromatic heterocycles. The Morgan fingerprint density at radius 1 is 1.59 bits per heavy atom. The zero-order chi connectivity index (χ0) is 12.8. The molecule has 17 heavy (non-hydrogen) atoms. The average molecular weight is 256 g/mol. The summed E-state index contributed by atoms with van der Waals surface area (Å²) in [6, 6.07) is 0. The van der Waals surface area contributed by atoms with E-state index in [9.17, 15) is 9.59 Å². The first kappa shape index (κ1) is 13.4. The number of carbonyl (C=O) groups is 2. The number of thiazole rings is 1. The van der Waals surface area contributed by atoms with Gasteiger partial charge in [-0.3, -0.25) is 9.59 Å². The normalized spacial score (nSPS) is 10.0. The van der Waals surface area contributed by atoms with Crippen molar-refractivity contribution in [3.8, 4) is 0 Å². The SMILES string of the molecule is CCCN(CC(=O)NC)C(=O)c1csc(N)n1. The predicted molar refractivity (Wildman–Crippen MR) is 66.8 cm³/mol. The van der Waals surface area contributed by atoms with Crippen LogP contribution in [0.4, 0.5) is 5.13 Å². The number of nitrogens with zero attached hydrogens (tertiary/aromatic N) is 2. The van der Waals surface area contributed by atoms with E-state index < -0.39 is 0 Å². The second kappa shape index (κ2) is 6.19. The molecular weight excluding hydrogens is 240 g/mol. The third-order valence-corrected chi connectivity index (χ3v) is 2.81. The van der Waals surface area contributed by atoms with Gasteiger partial charge in [-0.15, -0.1) is 11.3 Å². The highest BCUT2D eigenvalue weighted by Gasteiger charge is 2.19. The number of nitrogen functional groups attached to an aromatic ring is 1. The van der Waals surface area contributed by atoms with E-state index in [1.54, 1.807) is 5.38 Å². The van der Waals surface area contributed by atoms with Crippen molar-refractivity contribution in [1.29, 1.82) is 0 Å². The fourth-order valence-electron chi connectivity index (χ4n) is 1.32. The Hall–Kier alpha value is -1.63. The molecule has 1 aromatic rings. The Labute approximate surface area is 104 Å². The van der Waals surface area contributed by atoms with Gasteiger partial charge in [-0.2, -0.15) is 0 Å². The number of nitrogens with two attached hydrogens (primary N) is 1. The second-order valence-electron chi connectivity index (χ2n) is 3.47. The summed E-state index contributed by atoms with van der Waals surface area (Å²) in [6.45, 7) is 2.50. The molecule has 0 saturated heterocycles. The molecule has 3 N–H and O–H groups in total. The summed E-state index contributed by atoms with van der Waals surface area (Å²) in [6.07, 6.45) is 0.780. The Kier molecular flexibility index (Phi) is 4.89. The molecule has 0 atom stereocenters.